The molecule has 0 radical (unpaired) electrons. The van der Waals surface area contributed by atoms with Crippen molar-refractivity contribution in [2.75, 3.05) is 13.1 Å². The van der Waals surface area contributed by atoms with Crippen LogP contribution in [0.15, 0.2) is 52.7 Å². The van der Waals surface area contributed by atoms with Crippen molar-refractivity contribution in [1.29, 1.82) is 0 Å². The van der Waals surface area contributed by atoms with Crippen molar-refractivity contribution in [2.45, 2.75) is 63.2 Å². The van der Waals surface area contributed by atoms with Crippen molar-refractivity contribution in [1.82, 2.24) is 10.2 Å². The second-order valence-electron chi connectivity index (χ2n) is 11.5. The van der Waals surface area contributed by atoms with E-state index in [4.69, 9.17) is 5.73 Å². The molecule has 4 atom stereocenters. The van der Waals surface area contributed by atoms with Gasteiger partial charge in [-0.3, -0.25) is 4.79 Å². The monoisotopic (exact) mass is 575 g/mol. The predicted molar refractivity (Wildman–Crippen MR) is 146 cm³/mol. The molecule has 11 heteroatoms. The Labute approximate surface area is 235 Å². The van der Waals surface area contributed by atoms with Crippen molar-refractivity contribution in [2.24, 2.45) is 33.2 Å². The number of rotatable bonds is 8. The molecule has 2 aromatic rings. The van der Waals surface area contributed by atoms with Crippen LogP contribution in [0.3, 0.4) is 0 Å². The van der Waals surface area contributed by atoms with Gasteiger partial charge in [0, 0.05) is 24.7 Å². The molecule has 1 aliphatic heterocycles. The van der Waals surface area contributed by atoms with E-state index in [0.29, 0.717) is 24.8 Å². The van der Waals surface area contributed by atoms with Crippen LogP contribution in [0, 0.1) is 28.9 Å². The van der Waals surface area contributed by atoms with Crippen molar-refractivity contribution in [3.05, 3.63) is 70.8 Å². The molecule has 4 unspecified atom stereocenters. The predicted octanol–water partition coefficient (Wildman–Crippen LogP) is 5.63. The molecule has 6 nitrogen and oxygen atoms in total. The molecule has 2 aromatic carbocycles. The van der Waals surface area contributed by atoms with Gasteiger partial charge in [0.1, 0.15) is 18.0 Å². The fourth-order valence-corrected chi connectivity index (χ4v) is 6.86. The molecule has 0 spiro atoms. The zero-order valence-electron chi connectivity index (χ0n) is 22.6. The summed E-state index contributed by atoms with van der Waals surface area (Å²) >= 11 is 0. The first-order valence-electron chi connectivity index (χ1n) is 14.0. The van der Waals surface area contributed by atoms with E-state index in [0.717, 1.165) is 62.8 Å². The smallest absolute Gasteiger partial charge is 0.388 e. The lowest BCUT2D eigenvalue weighted by atomic mass is 9.78. The summed E-state index contributed by atoms with van der Waals surface area (Å²) in [6.45, 7) is 1.54. The van der Waals surface area contributed by atoms with Crippen LogP contribution in [0.2, 0.25) is 0 Å². The highest BCUT2D eigenvalue weighted by molar-refractivity contribution is 5.85. The summed E-state index contributed by atoms with van der Waals surface area (Å²) in [5, 5.41) is 10.5. The van der Waals surface area contributed by atoms with Crippen LogP contribution in [-0.2, 0) is 17.5 Å². The number of nitrogens with one attached hydrogen (secondary N) is 1. The van der Waals surface area contributed by atoms with Gasteiger partial charge >= 0.3 is 6.18 Å². The molecule has 3 aliphatic rings. The number of likely N-dealkylation sites (tertiary alicyclic amines) is 1. The summed E-state index contributed by atoms with van der Waals surface area (Å²) in [7, 11) is 0. The quantitative estimate of drug-likeness (QED) is 0.185. The Bertz CT molecular complexity index is 1290. The molecule has 0 bridgehead atoms. The van der Waals surface area contributed by atoms with E-state index in [1.165, 1.54) is 12.1 Å². The van der Waals surface area contributed by atoms with Gasteiger partial charge in [0.25, 0.3) is 0 Å². The summed E-state index contributed by atoms with van der Waals surface area (Å²) in [6, 6.07) is 9.22. The van der Waals surface area contributed by atoms with Gasteiger partial charge in [-0.25, -0.2) is 8.78 Å². The van der Waals surface area contributed by atoms with E-state index < -0.39 is 23.0 Å². The van der Waals surface area contributed by atoms with Gasteiger partial charge in [-0.05, 0) is 105 Å². The Balaban J connectivity index is 1.27. The Morgan fingerprint density at radius 2 is 1.78 bits per heavy atom. The van der Waals surface area contributed by atoms with E-state index >= 15 is 0 Å². The first-order valence-corrected chi connectivity index (χ1v) is 14.0. The molecule has 0 aromatic heterocycles. The standard InChI is InChI=1S/C30H34F5N5O/c31-24-3-1-20(2-4-24)21-6-9-40(10-7-21)26-5-8-29(15-26,27-13-22(27)17-38-39-18-36)28(41)37-16-19-11-23(30(33,34)35)14-25(32)12-19/h1-4,11-12,14,17-18,21-22,26-27H,5-10,13,15-16H2,(H2,36,39)(H,37,41)/b38-17+. The largest absolute Gasteiger partial charge is 0.416 e. The lowest BCUT2D eigenvalue weighted by molar-refractivity contribution is -0.137. The van der Waals surface area contributed by atoms with Crippen LogP contribution >= 0.6 is 0 Å². The number of carbonyl (C=O) groups excluding carboxylic acids is 1. The fraction of sp³-hybridized carbons (Fsp3) is 0.500. The van der Waals surface area contributed by atoms with Gasteiger partial charge < -0.3 is 16.0 Å². The summed E-state index contributed by atoms with van der Waals surface area (Å²) in [4.78, 5) is 16.2. The Morgan fingerprint density at radius 3 is 2.46 bits per heavy atom. The second kappa shape index (κ2) is 11.9. The molecular weight excluding hydrogens is 541 g/mol. The van der Waals surface area contributed by atoms with Gasteiger partial charge in [-0.1, -0.05) is 12.1 Å². The van der Waals surface area contributed by atoms with Crippen LogP contribution in [0.5, 0.6) is 0 Å². The third-order valence-electron chi connectivity index (χ3n) is 9.04. The fourth-order valence-electron chi connectivity index (χ4n) is 6.86. The SMILES string of the molecule is N/C=N\N=C\C1CC1C1(C(=O)NCc2cc(F)cc(C(F)(F)F)c2)CCC(N2CCC(c3ccc(F)cc3)CC2)C1. The molecule has 41 heavy (non-hydrogen) atoms. The first kappa shape index (κ1) is 29.2. The van der Waals surface area contributed by atoms with E-state index in [1.54, 1.807) is 6.21 Å². The lowest BCUT2D eigenvalue weighted by Gasteiger charge is -2.37. The first-order chi connectivity index (χ1) is 19.6. The number of alkyl halides is 3. The second-order valence-corrected chi connectivity index (χ2v) is 11.5. The number of piperidine rings is 1. The topological polar surface area (TPSA) is 83.1 Å². The van der Waals surface area contributed by atoms with Crippen LogP contribution < -0.4 is 11.1 Å². The van der Waals surface area contributed by atoms with E-state index in [9.17, 15) is 26.7 Å². The minimum atomic E-state index is -4.68. The third-order valence-corrected chi connectivity index (χ3v) is 9.04. The maximum Gasteiger partial charge on any atom is 0.416 e. The van der Waals surface area contributed by atoms with Crippen LogP contribution in [-0.4, -0.2) is 42.5 Å². The number of nitrogens with two attached hydrogens (primary N) is 1. The molecule has 220 valence electrons. The van der Waals surface area contributed by atoms with Gasteiger partial charge in [0.2, 0.25) is 5.91 Å². The summed E-state index contributed by atoms with van der Waals surface area (Å²) in [5.74, 6) is -1.02. The van der Waals surface area contributed by atoms with Crippen LogP contribution in [0.4, 0.5) is 22.0 Å². The summed E-state index contributed by atoms with van der Waals surface area (Å²) in [5.41, 5.74) is 4.68. The Kier molecular flexibility index (Phi) is 8.45. The highest BCUT2D eigenvalue weighted by Gasteiger charge is 2.59. The molecule has 2 saturated carbocycles. The Morgan fingerprint density at radius 1 is 1.05 bits per heavy atom. The maximum absolute atomic E-state index is 13.9. The molecule has 1 heterocycles. The number of hydrogen-bond donors (Lipinski definition) is 2. The molecule has 2 aliphatic carbocycles. The number of hydrogen-bond acceptors (Lipinski definition) is 4. The molecule has 3 N–H and O–H groups in total. The number of amides is 1. The normalized spacial score (nSPS) is 27.6. The van der Waals surface area contributed by atoms with Gasteiger partial charge in [-0.15, -0.1) is 5.10 Å². The number of benzene rings is 2. The number of nitrogens with zero attached hydrogens (tertiary/aromatic N) is 3. The van der Waals surface area contributed by atoms with E-state index in [1.807, 2.05) is 12.1 Å². The third kappa shape index (κ3) is 6.60. The summed E-state index contributed by atoms with van der Waals surface area (Å²) in [6.07, 6.45) is 2.86. The number of halogens is 5. The van der Waals surface area contributed by atoms with Crippen LogP contribution in [0.1, 0.15) is 61.1 Å². The lowest BCUT2D eigenvalue weighted by Crippen LogP contribution is -2.44. The minimum Gasteiger partial charge on any atom is -0.388 e. The minimum absolute atomic E-state index is 0.0271. The van der Waals surface area contributed by atoms with Crippen molar-refractivity contribution in [3.63, 3.8) is 0 Å². The zero-order chi connectivity index (χ0) is 29.2. The van der Waals surface area contributed by atoms with Crippen molar-refractivity contribution in [3.8, 4) is 0 Å². The highest BCUT2D eigenvalue weighted by atomic mass is 19.4. The molecule has 5 rings (SSSR count). The average molecular weight is 576 g/mol. The van der Waals surface area contributed by atoms with Gasteiger partial charge in [-0.2, -0.15) is 18.3 Å². The summed E-state index contributed by atoms with van der Waals surface area (Å²) < 4.78 is 66.9. The molecular formula is C30H34F5N5O. The molecule has 3 fully saturated rings. The van der Waals surface area contributed by atoms with E-state index in [-0.39, 0.29) is 41.7 Å². The van der Waals surface area contributed by atoms with Gasteiger partial charge in [0.05, 0.1) is 11.0 Å². The Hall–Kier alpha value is -3.34. The van der Waals surface area contributed by atoms with Crippen LogP contribution in [0.25, 0.3) is 0 Å². The molecule has 1 saturated heterocycles. The zero-order valence-corrected chi connectivity index (χ0v) is 22.6. The van der Waals surface area contributed by atoms with Crippen molar-refractivity contribution < 1.29 is 26.7 Å². The van der Waals surface area contributed by atoms with Gasteiger partial charge in [0.15, 0.2) is 0 Å². The van der Waals surface area contributed by atoms with Crippen molar-refractivity contribution >= 4 is 18.5 Å². The van der Waals surface area contributed by atoms with E-state index in [2.05, 4.69) is 20.4 Å². The average Bonchev–Trinajstić information content (AvgIpc) is 3.59. The number of carbonyl (C=O) groups is 1. The molecule has 1 amide bonds. The highest BCUT2D eigenvalue weighted by Crippen LogP contribution is 2.59. The maximum atomic E-state index is 13.9.